The predicted octanol–water partition coefficient (Wildman–Crippen LogP) is 1.61. The first-order chi connectivity index (χ1) is 8.88. The Kier molecular flexibility index (Phi) is 5.99. The number of carboxylic acid groups (broad SMARTS) is 1. The molecule has 0 aromatic heterocycles. The summed E-state index contributed by atoms with van der Waals surface area (Å²) in [5.41, 5.74) is 3.82. The first kappa shape index (κ1) is 15.7. The van der Waals surface area contributed by atoms with Crippen molar-refractivity contribution in [3.8, 4) is 0 Å². The third-order valence-electron chi connectivity index (χ3n) is 3.20. The van der Waals surface area contributed by atoms with E-state index in [2.05, 4.69) is 32.0 Å². The fraction of sp³-hybridized carbons (Fsp3) is 0.533. The Labute approximate surface area is 114 Å². The van der Waals surface area contributed by atoms with Gasteiger partial charge in [0.2, 0.25) is 0 Å². The van der Waals surface area contributed by atoms with Crippen LogP contribution < -0.4 is 0 Å². The van der Waals surface area contributed by atoms with Crippen LogP contribution >= 0.6 is 0 Å². The summed E-state index contributed by atoms with van der Waals surface area (Å²) in [5.74, 6) is -0.963. The number of aryl methyl sites for hydroxylation is 2. The molecular weight excluding hydrogens is 242 g/mol. The van der Waals surface area contributed by atoms with E-state index < -0.39 is 12.1 Å². The number of carboxylic acids is 1. The molecule has 0 aliphatic heterocycles. The van der Waals surface area contributed by atoms with Crippen LogP contribution in [-0.4, -0.2) is 47.3 Å². The lowest BCUT2D eigenvalue weighted by Crippen LogP contribution is -2.32. The van der Waals surface area contributed by atoms with Crippen LogP contribution in [0.2, 0.25) is 0 Å². The Balaban J connectivity index is 2.43. The van der Waals surface area contributed by atoms with E-state index in [0.717, 1.165) is 13.0 Å². The fourth-order valence-electron chi connectivity index (χ4n) is 2.10. The van der Waals surface area contributed by atoms with Crippen molar-refractivity contribution < 1.29 is 15.0 Å². The van der Waals surface area contributed by atoms with Gasteiger partial charge >= 0.3 is 5.97 Å². The van der Waals surface area contributed by atoms with Crippen LogP contribution in [0.1, 0.15) is 23.1 Å². The number of aliphatic hydroxyl groups excluding tert-OH is 1. The van der Waals surface area contributed by atoms with Gasteiger partial charge in [0.1, 0.15) is 0 Å². The second kappa shape index (κ2) is 7.26. The van der Waals surface area contributed by atoms with E-state index in [9.17, 15) is 9.90 Å². The van der Waals surface area contributed by atoms with Crippen LogP contribution in [0.4, 0.5) is 0 Å². The molecule has 1 rings (SSSR count). The quantitative estimate of drug-likeness (QED) is 0.786. The largest absolute Gasteiger partial charge is 0.481 e. The van der Waals surface area contributed by atoms with Crippen molar-refractivity contribution >= 4 is 5.97 Å². The molecule has 0 bridgehead atoms. The highest BCUT2D eigenvalue weighted by molar-refractivity contribution is 5.67. The number of benzene rings is 1. The van der Waals surface area contributed by atoms with Gasteiger partial charge in [0.25, 0.3) is 0 Å². The maximum absolute atomic E-state index is 10.5. The van der Waals surface area contributed by atoms with Gasteiger partial charge in [-0.3, -0.25) is 4.79 Å². The van der Waals surface area contributed by atoms with Crippen molar-refractivity contribution in [2.45, 2.75) is 32.8 Å². The number of nitrogens with zero attached hydrogens (tertiary/aromatic N) is 1. The SMILES string of the molecule is Cc1ccc(C)c(CCN(C)CC(O)CC(=O)O)c1. The van der Waals surface area contributed by atoms with Crippen LogP contribution in [-0.2, 0) is 11.2 Å². The third-order valence-corrected chi connectivity index (χ3v) is 3.20. The van der Waals surface area contributed by atoms with Crippen LogP contribution in [0.3, 0.4) is 0 Å². The van der Waals surface area contributed by atoms with Crippen LogP contribution in [0.15, 0.2) is 18.2 Å². The predicted molar refractivity (Wildman–Crippen MR) is 75.4 cm³/mol. The van der Waals surface area contributed by atoms with Gasteiger partial charge in [-0.2, -0.15) is 0 Å². The Bertz CT molecular complexity index is 431. The minimum Gasteiger partial charge on any atom is -0.481 e. The molecular formula is C15H23NO3. The first-order valence-corrected chi connectivity index (χ1v) is 6.53. The molecule has 19 heavy (non-hydrogen) atoms. The second-order valence-corrected chi connectivity index (χ2v) is 5.19. The van der Waals surface area contributed by atoms with Crippen molar-refractivity contribution in [3.63, 3.8) is 0 Å². The molecule has 4 nitrogen and oxygen atoms in total. The number of aliphatic carboxylic acids is 1. The summed E-state index contributed by atoms with van der Waals surface area (Å²) in [7, 11) is 1.90. The number of likely N-dealkylation sites (N-methyl/N-ethyl adjacent to an activating group) is 1. The summed E-state index contributed by atoms with van der Waals surface area (Å²) in [5, 5.41) is 18.2. The highest BCUT2D eigenvalue weighted by atomic mass is 16.4. The Morgan fingerprint density at radius 2 is 2.05 bits per heavy atom. The zero-order valence-corrected chi connectivity index (χ0v) is 11.9. The summed E-state index contributed by atoms with van der Waals surface area (Å²) in [6, 6.07) is 6.39. The normalized spacial score (nSPS) is 12.7. The highest BCUT2D eigenvalue weighted by Gasteiger charge is 2.12. The van der Waals surface area contributed by atoms with Crippen molar-refractivity contribution in [2.24, 2.45) is 0 Å². The summed E-state index contributed by atoms with van der Waals surface area (Å²) in [6.45, 7) is 5.36. The molecule has 0 amide bonds. The lowest BCUT2D eigenvalue weighted by Gasteiger charge is -2.20. The van der Waals surface area contributed by atoms with Gasteiger partial charge in [-0.15, -0.1) is 0 Å². The third kappa shape index (κ3) is 5.85. The van der Waals surface area contributed by atoms with E-state index in [0.29, 0.717) is 6.54 Å². The molecule has 1 aromatic rings. The van der Waals surface area contributed by atoms with E-state index in [1.54, 1.807) is 0 Å². The van der Waals surface area contributed by atoms with Crippen molar-refractivity contribution in [3.05, 3.63) is 34.9 Å². The van der Waals surface area contributed by atoms with E-state index in [1.165, 1.54) is 16.7 Å². The summed E-state index contributed by atoms with van der Waals surface area (Å²) in [6.07, 6.45) is -0.0986. The maximum Gasteiger partial charge on any atom is 0.306 e. The smallest absolute Gasteiger partial charge is 0.306 e. The number of rotatable bonds is 7. The summed E-state index contributed by atoms with van der Waals surface area (Å²) < 4.78 is 0. The standard InChI is InChI=1S/C15H23NO3/c1-11-4-5-12(2)13(8-11)6-7-16(3)10-14(17)9-15(18)19/h4-5,8,14,17H,6-7,9-10H2,1-3H3,(H,18,19). The molecule has 0 aliphatic carbocycles. The molecule has 1 aromatic carbocycles. The van der Waals surface area contributed by atoms with Crippen LogP contribution in [0, 0.1) is 13.8 Å². The average molecular weight is 265 g/mol. The van der Waals surface area contributed by atoms with E-state index in [4.69, 9.17) is 5.11 Å². The van der Waals surface area contributed by atoms with Gasteiger partial charge in [0.05, 0.1) is 12.5 Å². The molecule has 0 heterocycles. The zero-order chi connectivity index (χ0) is 14.4. The number of aliphatic hydroxyl groups is 1. The molecule has 0 saturated carbocycles. The van der Waals surface area contributed by atoms with Gasteiger partial charge in [-0.25, -0.2) is 0 Å². The molecule has 4 heteroatoms. The van der Waals surface area contributed by atoms with E-state index in [1.807, 2.05) is 11.9 Å². The minimum absolute atomic E-state index is 0.201. The maximum atomic E-state index is 10.5. The van der Waals surface area contributed by atoms with Gasteiger partial charge in [-0.1, -0.05) is 23.8 Å². The highest BCUT2D eigenvalue weighted by Crippen LogP contribution is 2.11. The van der Waals surface area contributed by atoms with Gasteiger partial charge in [0.15, 0.2) is 0 Å². The Morgan fingerprint density at radius 3 is 2.68 bits per heavy atom. The van der Waals surface area contributed by atoms with Crippen molar-refractivity contribution in [2.75, 3.05) is 20.1 Å². The molecule has 0 fully saturated rings. The van der Waals surface area contributed by atoms with Gasteiger partial charge in [0, 0.05) is 13.1 Å². The molecule has 1 atom stereocenters. The van der Waals surface area contributed by atoms with Crippen molar-refractivity contribution in [1.82, 2.24) is 4.90 Å². The Morgan fingerprint density at radius 1 is 1.37 bits per heavy atom. The molecule has 0 spiro atoms. The van der Waals surface area contributed by atoms with Gasteiger partial charge < -0.3 is 15.1 Å². The average Bonchev–Trinajstić information content (AvgIpc) is 2.29. The van der Waals surface area contributed by atoms with Crippen LogP contribution in [0.5, 0.6) is 0 Å². The lowest BCUT2D eigenvalue weighted by atomic mass is 10.0. The van der Waals surface area contributed by atoms with Crippen molar-refractivity contribution in [1.29, 1.82) is 0 Å². The lowest BCUT2D eigenvalue weighted by molar-refractivity contribution is -0.139. The molecule has 0 aliphatic rings. The van der Waals surface area contributed by atoms with Crippen LogP contribution in [0.25, 0.3) is 0 Å². The van der Waals surface area contributed by atoms with E-state index in [-0.39, 0.29) is 6.42 Å². The molecule has 0 saturated heterocycles. The fourth-order valence-corrected chi connectivity index (χ4v) is 2.10. The van der Waals surface area contributed by atoms with Gasteiger partial charge in [-0.05, 0) is 38.4 Å². The topological polar surface area (TPSA) is 60.8 Å². The van der Waals surface area contributed by atoms with E-state index >= 15 is 0 Å². The molecule has 2 N–H and O–H groups in total. The number of hydrogen-bond donors (Lipinski definition) is 2. The molecule has 1 unspecified atom stereocenters. The summed E-state index contributed by atoms with van der Waals surface area (Å²) >= 11 is 0. The number of carbonyl (C=O) groups is 1. The first-order valence-electron chi connectivity index (χ1n) is 6.53. The molecule has 106 valence electrons. The monoisotopic (exact) mass is 265 g/mol. The summed E-state index contributed by atoms with van der Waals surface area (Å²) in [4.78, 5) is 12.4. The zero-order valence-electron chi connectivity index (χ0n) is 11.9. The minimum atomic E-state index is -0.963. The number of hydrogen-bond acceptors (Lipinski definition) is 3. The molecule has 0 radical (unpaired) electrons. The Hall–Kier alpha value is -1.39. The second-order valence-electron chi connectivity index (χ2n) is 5.19.